The van der Waals surface area contributed by atoms with Gasteiger partial charge >= 0.3 is 5.97 Å². The molecule has 0 aromatic carbocycles. The van der Waals surface area contributed by atoms with Gasteiger partial charge in [-0.25, -0.2) is 9.48 Å². The molecule has 108 valence electrons. The van der Waals surface area contributed by atoms with Crippen LogP contribution in [0.2, 0.25) is 0 Å². The van der Waals surface area contributed by atoms with E-state index < -0.39 is 5.97 Å². The first-order valence-corrected chi connectivity index (χ1v) is 6.13. The fraction of sp³-hybridized carbons (Fsp3) is 0.727. The first kappa shape index (κ1) is 15.5. The quantitative estimate of drug-likeness (QED) is 0.554. The van der Waals surface area contributed by atoms with E-state index in [1.165, 1.54) is 0 Å². The molecular formula is C11H20N4O4. The minimum absolute atomic E-state index is 0.0225. The number of rotatable bonds is 10. The Kier molecular flexibility index (Phi) is 7.01. The molecule has 0 amide bonds. The van der Waals surface area contributed by atoms with Gasteiger partial charge in [-0.3, -0.25) is 0 Å². The zero-order chi connectivity index (χ0) is 14.1. The van der Waals surface area contributed by atoms with Gasteiger partial charge < -0.3 is 20.3 Å². The molecule has 0 aliphatic heterocycles. The average Bonchev–Trinajstić information content (AvgIpc) is 2.77. The van der Waals surface area contributed by atoms with Crippen molar-refractivity contribution >= 4 is 5.97 Å². The minimum atomic E-state index is -1.08. The summed E-state index contributed by atoms with van der Waals surface area (Å²) in [5.74, 6) is -1.08. The summed E-state index contributed by atoms with van der Waals surface area (Å²) in [7, 11) is 1.62. The molecule has 0 saturated heterocycles. The molecule has 0 spiro atoms. The van der Waals surface area contributed by atoms with Crippen LogP contribution in [-0.2, 0) is 22.4 Å². The van der Waals surface area contributed by atoms with Gasteiger partial charge in [0.1, 0.15) is 0 Å². The predicted octanol–water partition coefficient (Wildman–Crippen LogP) is -0.469. The monoisotopic (exact) mass is 272 g/mol. The molecule has 3 N–H and O–H groups in total. The number of aromatic carboxylic acids is 1. The van der Waals surface area contributed by atoms with Crippen molar-refractivity contribution in [2.24, 2.45) is 5.73 Å². The maximum Gasteiger partial charge on any atom is 0.358 e. The van der Waals surface area contributed by atoms with Gasteiger partial charge in [-0.2, -0.15) is 0 Å². The predicted molar refractivity (Wildman–Crippen MR) is 67.1 cm³/mol. The highest BCUT2D eigenvalue weighted by Crippen LogP contribution is 2.07. The molecule has 8 heteroatoms. The van der Waals surface area contributed by atoms with Crippen LogP contribution in [0.1, 0.15) is 22.6 Å². The summed E-state index contributed by atoms with van der Waals surface area (Å²) >= 11 is 0. The van der Waals surface area contributed by atoms with Gasteiger partial charge in [0.05, 0.1) is 18.9 Å². The topological polar surface area (TPSA) is 112 Å². The molecule has 19 heavy (non-hydrogen) atoms. The Hall–Kier alpha value is -1.51. The number of aryl methyl sites for hydroxylation is 1. The Morgan fingerprint density at radius 3 is 2.84 bits per heavy atom. The van der Waals surface area contributed by atoms with E-state index in [-0.39, 0.29) is 5.69 Å². The van der Waals surface area contributed by atoms with Crippen molar-refractivity contribution in [3.05, 3.63) is 11.4 Å². The number of methoxy groups -OCH3 is 1. The number of carboxylic acid groups (broad SMARTS) is 1. The molecular weight excluding hydrogens is 252 g/mol. The Morgan fingerprint density at radius 1 is 1.42 bits per heavy atom. The number of carboxylic acids is 1. The first-order valence-electron chi connectivity index (χ1n) is 6.13. The third-order valence-corrected chi connectivity index (χ3v) is 2.51. The van der Waals surface area contributed by atoms with Crippen LogP contribution in [0.4, 0.5) is 0 Å². The number of hydrogen-bond acceptors (Lipinski definition) is 6. The molecule has 0 fully saturated rings. The van der Waals surface area contributed by atoms with Crippen LogP contribution < -0.4 is 5.73 Å². The smallest absolute Gasteiger partial charge is 0.358 e. The van der Waals surface area contributed by atoms with E-state index >= 15 is 0 Å². The van der Waals surface area contributed by atoms with Crippen LogP contribution in [0.15, 0.2) is 0 Å². The van der Waals surface area contributed by atoms with E-state index in [1.807, 2.05) is 0 Å². The number of nitrogens with zero attached hydrogens (tertiary/aromatic N) is 3. The number of ether oxygens (including phenoxy) is 2. The fourth-order valence-corrected chi connectivity index (χ4v) is 1.62. The fourth-order valence-electron chi connectivity index (χ4n) is 1.62. The summed E-state index contributed by atoms with van der Waals surface area (Å²) in [6, 6.07) is 0. The lowest BCUT2D eigenvalue weighted by Gasteiger charge is -2.06. The molecule has 1 aromatic heterocycles. The summed E-state index contributed by atoms with van der Waals surface area (Å²) in [5.41, 5.74) is 6.01. The second-order valence-corrected chi connectivity index (χ2v) is 3.91. The highest BCUT2D eigenvalue weighted by atomic mass is 16.5. The van der Waals surface area contributed by atoms with Crippen molar-refractivity contribution in [2.45, 2.75) is 19.4 Å². The third kappa shape index (κ3) is 4.93. The molecule has 0 radical (unpaired) electrons. The summed E-state index contributed by atoms with van der Waals surface area (Å²) in [5, 5.41) is 16.5. The summed E-state index contributed by atoms with van der Waals surface area (Å²) in [4.78, 5) is 11.0. The van der Waals surface area contributed by atoms with Gasteiger partial charge in [-0.1, -0.05) is 5.21 Å². The van der Waals surface area contributed by atoms with Crippen molar-refractivity contribution in [3.63, 3.8) is 0 Å². The van der Waals surface area contributed by atoms with Crippen LogP contribution in [-0.4, -0.2) is 59.5 Å². The molecule has 0 saturated carbocycles. The van der Waals surface area contributed by atoms with Gasteiger partial charge in [0.2, 0.25) is 0 Å². The Morgan fingerprint density at radius 2 is 2.21 bits per heavy atom. The number of carbonyl (C=O) groups is 1. The van der Waals surface area contributed by atoms with Gasteiger partial charge in [0.25, 0.3) is 0 Å². The molecule has 0 bridgehead atoms. The van der Waals surface area contributed by atoms with Crippen molar-refractivity contribution in [1.29, 1.82) is 0 Å². The van der Waals surface area contributed by atoms with E-state index in [0.29, 0.717) is 45.0 Å². The highest BCUT2D eigenvalue weighted by Gasteiger charge is 2.17. The van der Waals surface area contributed by atoms with Crippen molar-refractivity contribution in [2.75, 3.05) is 33.5 Å². The molecule has 0 atom stereocenters. The molecule has 1 rings (SSSR count). The number of aromatic nitrogens is 3. The molecule has 8 nitrogen and oxygen atoms in total. The van der Waals surface area contributed by atoms with Gasteiger partial charge in [0.15, 0.2) is 5.69 Å². The summed E-state index contributed by atoms with van der Waals surface area (Å²) in [6.45, 7) is 2.59. The van der Waals surface area contributed by atoms with Gasteiger partial charge in [-0.05, 0) is 13.0 Å². The zero-order valence-corrected chi connectivity index (χ0v) is 11.0. The summed E-state index contributed by atoms with van der Waals surface area (Å²) < 4.78 is 11.8. The normalized spacial score (nSPS) is 10.8. The zero-order valence-electron chi connectivity index (χ0n) is 11.0. The lowest BCUT2D eigenvalue weighted by atomic mass is 10.2. The van der Waals surface area contributed by atoms with Crippen LogP contribution in [0, 0.1) is 0 Å². The molecule has 0 aliphatic carbocycles. The second-order valence-electron chi connectivity index (χ2n) is 3.91. The Bertz CT molecular complexity index is 394. The van der Waals surface area contributed by atoms with Crippen LogP contribution in [0.3, 0.4) is 0 Å². The standard InChI is InChI=1S/C11H20N4O4/c1-18-7-8-19-6-2-5-15-9(3-4-12)10(11(16)17)13-14-15/h2-8,12H2,1H3,(H,16,17). The van der Waals surface area contributed by atoms with Crippen LogP contribution in [0.25, 0.3) is 0 Å². The minimum Gasteiger partial charge on any atom is -0.476 e. The first-order chi connectivity index (χ1) is 9.20. The van der Waals surface area contributed by atoms with Crippen molar-refractivity contribution < 1.29 is 19.4 Å². The largest absolute Gasteiger partial charge is 0.476 e. The third-order valence-electron chi connectivity index (χ3n) is 2.51. The van der Waals surface area contributed by atoms with Gasteiger partial charge in [-0.15, -0.1) is 5.10 Å². The van der Waals surface area contributed by atoms with E-state index in [4.69, 9.17) is 20.3 Å². The lowest BCUT2D eigenvalue weighted by molar-refractivity contribution is 0.0675. The maximum atomic E-state index is 11.0. The van der Waals surface area contributed by atoms with Crippen LogP contribution in [0.5, 0.6) is 0 Å². The van der Waals surface area contributed by atoms with Crippen molar-refractivity contribution in [1.82, 2.24) is 15.0 Å². The maximum absolute atomic E-state index is 11.0. The van der Waals surface area contributed by atoms with Gasteiger partial charge in [0, 0.05) is 26.7 Å². The SMILES string of the molecule is COCCOCCCn1nnc(C(=O)O)c1CCN. The highest BCUT2D eigenvalue weighted by molar-refractivity contribution is 5.86. The molecule has 1 aromatic rings. The molecule has 0 unspecified atom stereocenters. The number of hydrogen-bond donors (Lipinski definition) is 2. The Balaban J connectivity index is 2.46. The van der Waals surface area contributed by atoms with E-state index in [2.05, 4.69) is 10.3 Å². The van der Waals surface area contributed by atoms with E-state index in [0.717, 1.165) is 6.42 Å². The van der Waals surface area contributed by atoms with E-state index in [1.54, 1.807) is 11.8 Å². The molecule has 0 aliphatic rings. The van der Waals surface area contributed by atoms with Crippen molar-refractivity contribution in [3.8, 4) is 0 Å². The van der Waals surface area contributed by atoms with Crippen LogP contribution >= 0.6 is 0 Å². The molecule has 1 heterocycles. The second kappa shape index (κ2) is 8.57. The average molecular weight is 272 g/mol. The Labute approximate surface area is 111 Å². The lowest BCUT2D eigenvalue weighted by Crippen LogP contribution is -2.14. The summed E-state index contributed by atoms with van der Waals surface area (Å²) in [6.07, 6.45) is 1.17. The number of nitrogens with two attached hydrogens (primary N) is 1. The van der Waals surface area contributed by atoms with E-state index in [9.17, 15) is 4.79 Å².